The summed E-state index contributed by atoms with van der Waals surface area (Å²) in [4.78, 5) is 39.7. The van der Waals surface area contributed by atoms with Crippen molar-refractivity contribution in [3.05, 3.63) is 29.8 Å². The maximum Gasteiger partial charge on any atom is 0.308 e. The molecule has 0 spiro atoms. The summed E-state index contributed by atoms with van der Waals surface area (Å²) in [5.41, 5.74) is 0.356. The van der Waals surface area contributed by atoms with Gasteiger partial charge in [0.2, 0.25) is 5.91 Å². The highest BCUT2D eigenvalue weighted by Crippen LogP contribution is 2.19. The Morgan fingerprint density at radius 3 is 2.36 bits per heavy atom. The molecule has 1 aliphatic heterocycles. The number of para-hydroxylation sites is 1. The summed E-state index contributed by atoms with van der Waals surface area (Å²) in [5, 5.41) is 5.59. The fraction of sp³-hybridized carbons (Fsp3) is 0.667. The molecule has 1 aromatic rings. The number of benzene rings is 1. The standard InChI is InChI=1S/C30H47N3O5S/c1-4-5-6-7-8-9-10-11-12-15-20-37-27(34)21-25-29(36)31-18-19-33(25)30(39)32-28(35)24-16-13-14-17-26(24)38-22-23(2)3/h13-14,16-17,23,25H,4-12,15,18-22H2,1-3H3,(H,31,36)(H,32,35,39). The van der Waals surface area contributed by atoms with Crippen LogP contribution in [0.1, 0.15) is 102 Å². The third-order valence-corrected chi connectivity index (χ3v) is 6.97. The molecule has 0 saturated carbocycles. The lowest BCUT2D eigenvalue weighted by molar-refractivity contribution is -0.147. The van der Waals surface area contributed by atoms with E-state index in [9.17, 15) is 14.4 Å². The van der Waals surface area contributed by atoms with E-state index >= 15 is 0 Å². The largest absolute Gasteiger partial charge is 0.492 e. The van der Waals surface area contributed by atoms with Crippen molar-refractivity contribution in [2.75, 3.05) is 26.3 Å². The van der Waals surface area contributed by atoms with E-state index in [0.29, 0.717) is 43.5 Å². The zero-order chi connectivity index (χ0) is 28.5. The molecule has 0 bridgehead atoms. The molecule has 9 heteroatoms. The van der Waals surface area contributed by atoms with Crippen LogP contribution in [0.2, 0.25) is 0 Å². The number of amides is 2. The second kappa shape index (κ2) is 18.6. The van der Waals surface area contributed by atoms with E-state index in [0.717, 1.165) is 19.3 Å². The molecule has 1 heterocycles. The van der Waals surface area contributed by atoms with E-state index < -0.39 is 17.9 Å². The Kier molecular flexibility index (Phi) is 15.5. The van der Waals surface area contributed by atoms with Crippen LogP contribution in [0, 0.1) is 5.92 Å². The third kappa shape index (κ3) is 12.4. The van der Waals surface area contributed by atoms with Crippen molar-refractivity contribution in [3.63, 3.8) is 0 Å². The van der Waals surface area contributed by atoms with Crippen LogP contribution in [0.15, 0.2) is 24.3 Å². The number of nitrogens with zero attached hydrogens (tertiary/aromatic N) is 1. The normalized spacial score (nSPS) is 15.1. The molecule has 1 aromatic carbocycles. The molecule has 1 saturated heterocycles. The summed E-state index contributed by atoms with van der Waals surface area (Å²) in [6, 6.07) is 6.12. The van der Waals surface area contributed by atoms with Gasteiger partial charge in [-0.15, -0.1) is 0 Å². The van der Waals surface area contributed by atoms with Crippen molar-refractivity contribution in [3.8, 4) is 5.75 Å². The van der Waals surface area contributed by atoms with Gasteiger partial charge >= 0.3 is 5.97 Å². The Labute approximate surface area is 239 Å². The molecule has 8 nitrogen and oxygen atoms in total. The molecule has 0 aliphatic carbocycles. The molecular formula is C30H47N3O5S. The van der Waals surface area contributed by atoms with Gasteiger partial charge in [-0.2, -0.15) is 0 Å². The van der Waals surface area contributed by atoms with Gasteiger partial charge in [0, 0.05) is 13.1 Å². The average molecular weight is 562 g/mol. The second-order valence-corrected chi connectivity index (χ2v) is 11.0. The number of hydrogen-bond donors (Lipinski definition) is 2. The minimum absolute atomic E-state index is 0.0982. The van der Waals surface area contributed by atoms with Gasteiger partial charge in [-0.25, -0.2) is 0 Å². The lowest BCUT2D eigenvalue weighted by Crippen LogP contribution is -2.60. The first-order chi connectivity index (χ1) is 18.8. The highest BCUT2D eigenvalue weighted by Gasteiger charge is 2.34. The number of rotatable bonds is 17. The third-order valence-electron chi connectivity index (χ3n) is 6.64. The molecule has 218 valence electrons. The SMILES string of the molecule is CCCCCCCCCCCCOC(=O)CC1C(=O)NCCN1C(=S)NC(=O)c1ccccc1OCC(C)C. The van der Waals surface area contributed by atoms with Gasteiger partial charge in [0.25, 0.3) is 5.91 Å². The van der Waals surface area contributed by atoms with E-state index in [1.165, 1.54) is 44.9 Å². The Balaban J connectivity index is 1.78. The van der Waals surface area contributed by atoms with Gasteiger partial charge in [0.05, 0.1) is 25.2 Å². The zero-order valence-corrected chi connectivity index (χ0v) is 24.8. The number of ether oxygens (including phenoxy) is 2. The summed E-state index contributed by atoms with van der Waals surface area (Å²) < 4.78 is 11.2. The maximum absolute atomic E-state index is 13.0. The topological polar surface area (TPSA) is 97.0 Å². The van der Waals surface area contributed by atoms with Crippen LogP contribution in [0.3, 0.4) is 0 Å². The molecular weight excluding hydrogens is 514 g/mol. The van der Waals surface area contributed by atoms with E-state index in [1.807, 2.05) is 13.8 Å². The molecule has 1 aliphatic rings. The van der Waals surface area contributed by atoms with E-state index in [4.69, 9.17) is 21.7 Å². The molecule has 1 atom stereocenters. The Hall–Kier alpha value is -2.68. The van der Waals surface area contributed by atoms with Crippen LogP contribution in [0.4, 0.5) is 0 Å². The Morgan fingerprint density at radius 2 is 1.69 bits per heavy atom. The monoisotopic (exact) mass is 561 g/mol. The van der Waals surface area contributed by atoms with E-state index in [1.54, 1.807) is 29.2 Å². The van der Waals surface area contributed by atoms with Crippen molar-refractivity contribution in [2.24, 2.45) is 5.92 Å². The van der Waals surface area contributed by atoms with Gasteiger partial charge in [-0.05, 0) is 36.7 Å². The number of unbranched alkanes of at least 4 members (excludes halogenated alkanes) is 9. The molecule has 0 aromatic heterocycles. The van der Waals surface area contributed by atoms with Crippen molar-refractivity contribution in [1.82, 2.24) is 15.5 Å². The molecule has 1 fully saturated rings. The lowest BCUT2D eigenvalue weighted by Gasteiger charge is -2.36. The van der Waals surface area contributed by atoms with E-state index in [-0.39, 0.29) is 17.4 Å². The first-order valence-electron chi connectivity index (χ1n) is 14.6. The van der Waals surface area contributed by atoms with Gasteiger partial charge in [-0.1, -0.05) is 90.7 Å². The van der Waals surface area contributed by atoms with E-state index in [2.05, 4.69) is 17.6 Å². The van der Waals surface area contributed by atoms with Crippen LogP contribution in [0.25, 0.3) is 0 Å². The number of nitrogens with one attached hydrogen (secondary N) is 2. The van der Waals surface area contributed by atoms with Crippen LogP contribution < -0.4 is 15.4 Å². The molecule has 39 heavy (non-hydrogen) atoms. The highest BCUT2D eigenvalue weighted by molar-refractivity contribution is 7.80. The van der Waals surface area contributed by atoms with Crippen molar-refractivity contribution >= 4 is 35.1 Å². The summed E-state index contributed by atoms with van der Waals surface area (Å²) in [6.45, 7) is 7.86. The molecule has 1 unspecified atom stereocenters. The number of esters is 1. The summed E-state index contributed by atoms with van der Waals surface area (Å²) in [7, 11) is 0. The number of thiocarbonyl (C=S) groups is 1. The molecule has 0 radical (unpaired) electrons. The predicted molar refractivity (Wildman–Crippen MR) is 158 cm³/mol. The van der Waals surface area contributed by atoms with Crippen LogP contribution in [0.5, 0.6) is 5.75 Å². The summed E-state index contributed by atoms with van der Waals surface area (Å²) >= 11 is 5.49. The van der Waals surface area contributed by atoms with Crippen molar-refractivity contribution in [1.29, 1.82) is 0 Å². The summed E-state index contributed by atoms with van der Waals surface area (Å²) in [5.74, 6) is -0.406. The van der Waals surface area contributed by atoms with Crippen LogP contribution in [-0.4, -0.2) is 60.1 Å². The predicted octanol–water partition coefficient (Wildman–Crippen LogP) is 5.39. The minimum Gasteiger partial charge on any atom is -0.492 e. The van der Waals surface area contributed by atoms with Crippen molar-refractivity contribution in [2.45, 2.75) is 97.4 Å². The molecule has 2 amide bonds. The van der Waals surface area contributed by atoms with Gasteiger partial charge in [0.15, 0.2) is 5.11 Å². The maximum atomic E-state index is 13.0. The zero-order valence-electron chi connectivity index (χ0n) is 24.0. The lowest BCUT2D eigenvalue weighted by atomic mass is 10.1. The van der Waals surface area contributed by atoms with Crippen LogP contribution >= 0.6 is 12.2 Å². The number of carbonyl (C=O) groups is 3. The smallest absolute Gasteiger partial charge is 0.308 e. The fourth-order valence-corrected chi connectivity index (χ4v) is 4.74. The first-order valence-corrected chi connectivity index (χ1v) is 15.0. The fourth-order valence-electron chi connectivity index (χ4n) is 4.43. The molecule has 2 rings (SSSR count). The first kappa shape index (κ1) is 32.5. The number of hydrogen-bond acceptors (Lipinski definition) is 6. The Bertz CT molecular complexity index is 924. The average Bonchev–Trinajstić information content (AvgIpc) is 2.91. The van der Waals surface area contributed by atoms with Gasteiger partial charge in [0.1, 0.15) is 11.8 Å². The summed E-state index contributed by atoms with van der Waals surface area (Å²) in [6.07, 6.45) is 11.9. The van der Waals surface area contributed by atoms with Crippen molar-refractivity contribution < 1.29 is 23.9 Å². The molecule has 2 N–H and O–H groups in total. The quantitative estimate of drug-likeness (QED) is 0.150. The van der Waals surface area contributed by atoms with Gasteiger partial charge < -0.3 is 19.7 Å². The second-order valence-electron chi connectivity index (χ2n) is 10.6. The number of piperazine rings is 1. The van der Waals surface area contributed by atoms with Crippen LogP contribution in [-0.2, 0) is 14.3 Å². The Morgan fingerprint density at radius 1 is 1.05 bits per heavy atom. The number of carbonyl (C=O) groups excluding carboxylic acids is 3. The highest BCUT2D eigenvalue weighted by atomic mass is 32.1. The minimum atomic E-state index is -0.834. The van der Waals surface area contributed by atoms with Gasteiger partial charge in [-0.3, -0.25) is 19.7 Å².